The van der Waals surface area contributed by atoms with Gasteiger partial charge in [-0.1, -0.05) is 13.8 Å². The summed E-state index contributed by atoms with van der Waals surface area (Å²) in [6.45, 7) is 4.77. The van der Waals surface area contributed by atoms with Crippen molar-refractivity contribution in [3.05, 3.63) is 17.3 Å². The quantitative estimate of drug-likeness (QED) is 0.854. The maximum Gasteiger partial charge on any atom is 0.138 e. The van der Waals surface area contributed by atoms with Crippen molar-refractivity contribution >= 4 is 39.1 Å². The minimum atomic E-state index is -0.597. The molecule has 1 saturated carbocycles. The molecule has 0 bridgehead atoms. The molecule has 1 aliphatic carbocycles. The Kier molecular flexibility index (Phi) is 4.38. The van der Waals surface area contributed by atoms with E-state index in [0.29, 0.717) is 11.8 Å². The Balaban J connectivity index is 1.77. The number of aryl methyl sites for hydroxylation is 1. The number of nitrogens with one attached hydrogen (secondary N) is 1. The molecule has 0 saturated heterocycles. The number of rotatable bonds is 6. The van der Waals surface area contributed by atoms with Crippen molar-refractivity contribution in [3.8, 4) is 0 Å². The van der Waals surface area contributed by atoms with Crippen LogP contribution in [0.2, 0.25) is 0 Å². The van der Waals surface area contributed by atoms with Crippen molar-refractivity contribution in [1.82, 2.24) is 9.97 Å². The SMILES string of the molecule is CCSC1CCC1(O)CNc1nc(CC)nc2sccc12. The number of hydrogen-bond donors (Lipinski definition) is 2. The normalized spacial score (nSPS) is 25.0. The van der Waals surface area contributed by atoms with Gasteiger partial charge < -0.3 is 10.4 Å². The predicted molar refractivity (Wildman–Crippen MR) is 91.4 cm³/mol. The van der Waals surface area contributed by atoms with E-state index in [1.165, 1.54) is 0 Å². The van der Waals surface area contributed by atoms with E-state index in [-0.39, 0.29) is 0 Å². The monoisotopic (exact) mass is 323 g/mol. The molecule has 1 fully saturated rings. The molecule has 0 aliphatic heterocycles. The second-order valence-electron chi connectivity index (χ2n) is 5.42. The summed E-state index contributed by atoms with van der Waals surface area (Å²) in [5.74, 6) is 2.76. The van der Waals surface area contributed by atoms with Gasteiger partial charge in [0.25, 0.3) is 0 Å². The standard InChI is InChI=1S/C15H21N3OS2/c1-3-12-17-13(10-6-8-21-14(10)18-12)16-9-15(19)7-5-11(15)20-4-2/h6,8,11,19H,3-5,7,9H2,1-2H3,(H,16,17,18). The van der Waals surface area contributed by atoms with E-state index >= 15 is 0 Å². The molecule has 0 aromatic carbocycles. The maximum atomic E-state index is 10.7. The van der Waals surface area contributed by atoms with Crippen molar-refractivity contribution in [2.24, 2.45) is 0 Å². The Labute approximate surface area is 133 Å². The largest absolute Gasteiger partial charge is 0.387 e. The lowest BCUT2D eigenvalue weighted by molar-refractivity contribution is -0.0120. The first kappa shape index (κ1) is 15.1. The lowest BCUT2D eigenvalue weighted by Gasteiger charge is -2.45. The zero-order valence-electron chi connectivity index (χ0n) is 12.4. The number of thiophene rings is 1. The molecule has 114 valence electrons. The summed E-state index contributed by atoms with van der Waals surface area (Å²) >= 11 is 3.49. The number of aromatic nitrogens is 2. The van der Waals surface area contributed by atoms with Gasteiger partial charge in [0.15, 0.2) is 0 Å². The van der Waals surface area contributed by atoms with Crippen LogP contribution in [0.25, 0.3) is 10.2 Å². The van der Waals surface area contributed by atoms with Gasteiger partial charge in [-0.3, -0.25) is 0 Å². The lowest BCUT2D eigenvalue weighted by atomic mass is 9.79. The summed E-state index contributed by atoms with van der Waals surface area (Å²) < 4.78 is 0. The minimum absolute atomic E-state index is 0.348. The van der Waals surface area contributed by atoms with Gasteiger partial charge in [-0.2, -0.15) is 11.8 Å². The Morgan fingerprint density at radius 1 is 1.48 bits per heavy atom. The fraction of sp³-hybridized carbons (Fsp3) is 0.600. The Bertz CT molecular complexity index is 630. The molecule has 4 nitrogen and oxygen atoms in total. The molecule has 0 amide bonds. The van der Waals surface area contributed by atoms with E-state index < -0.39 is 5.60 Å². The Morgan fingerprint density at radius 3 is 3.00 bits per heavy atom. The van der Waals surface area contributed by atoms with Gasteiger partial charge in [-0.05, 0) is 30.0 Å². The highest BCUT2D eigenvalue weighted by Gasteiger charge is 2.45. The van der Waals surface area contributed by atoms with Crippen LogP contribution < -0.4 is 5.32 Å². The average molecular weight is 323 g/mol. The van der Waals surface area contributed by atoms with Crippen LogP contribution in [-0.4, -0.2) is 38.2 Å². The predicted octanol–water partition coefficient (Wildman–Crippen LogP) is 3.31. The maximum absolute atomic E-state index is 10.7. The molecule has 6 heteroatoms. The summed E-state index contributed by atoms with van der Waals surface area (Å²) in [5.41, 5.74) is -0.597. The number of hydrogen-bond acceptors (Lipinski definition) is 6. The van der Waals surface area contributed by atoms with Crippen molar-refractivity contribution in [2.45, 2.75) is 44.0 Å². The van der Waals surface area contributed by atoms with Gasteiger partial charge in [-0.15, -0.1) is 11.3 Å². The molecule has 2 N–H and O–H groups in total. The number of aliphatic hydroxyl groups is 1. The van der Waals surface area contributed by atoms with Crippen molar-refractivity contribution < 1.29 is 5.11 Å². The van der Waals surface area contributed by atoms with E-state index in [1.54, 1.807) is 11.3 Å². The van der Waals surface area contributed by atoms with Gasteiger partial charge in [0.05, 0.1) is 11.0 Å². The Morgan fingerprint density at radius 2 is 2.33 bits per heavy atom. The molecule has 1 aliphatic rings. The molecular weight excluding hydrogens is 302 g/mol. The highest BCUT2D eigenvalue weighted by atomic mass is 32.2. The Hall–Kier alpha value is -0.850. The van der Waals surface area contributed by atoms with Gasteiger partial charge in [-0.25, -0.2) is 9.97 Å². The third-order valence-corrected chi connectivity index (χ3v) is 6.27. The highest BCUT2D eigenvalue weighted by Crippen LogP contribution is 2.41. The van der Waals surface area contributed by atoms with E-state index in [9.17, 15) is 5.11 Å². The second kappa shape index (κ2) is 6.10. The molecule has 2 aromatic heterocycles. The molecule has 0 spiro atoms. The first-order chi connectivity index (χ1) is 10.2. The second-order valence-corrected chi connectivity index (χ2v) is 7.80. The van der Waals surface area contributed by atoms with Gasteiger partial charge >= 0.3 is 0 Å². The molecule has 2 aromatic rings. The number of thioether (sulfide) groups is 1. The van der Waals surface area contributed by atoms with Crippen LogP contribution in [0.3, 0.4) is 0 Å². The van der Waals surface area contributed by atoms with Crippen LogP contribution in [0.15, 0.2) is 11.4 Å². The van der Waals surface area contributed by atoms with Gasteiger partial charge in [0.2, 0.25) is 0 Å². The zero-order chi connectivity index (χ0) is 14.9. The van der Waals surface area contributed by atoms with Crippen LogP contribution in [0, 0.1) is 0 Å². The van der Waals surface area contributed by atoms with Gasteiger partial charge in [0, 0.05) is 18.2 Å². The third kappa shape index (κ3) is 2.89. The van der Waals surface area contributed by atoms with E-state index in [0.717, 1.165) is 46.9 Å². The van der Waals surface area contributed by atoms with Crippen LogP contribution in [-0.2, 0) is 6.42 Å². The van der Waals surface area contributed by atoms with Crippen LogP contribution in [0.5, 0.6) is 0 Å². The fourth-order valence-corrected chi connectivity index (χ4v) is 4.65. The number of fused-ring (bicyclic) bond motifs is 1. The first-order valence-corrected chi connectivity index (χ1v) is 9.41. The summed E-state index contributed by atoms with van der Waals surface area (Å²) in [6.07, 6.45) is 2.80. The van der Waals surface area contributed by atoms with Crippen molar-refractivity contribution in [1.29, 1.82) is 0 Å². The molecule has 2 unspecified atom stereocenters. The zero-order valence-corrected chi connectivity index (χ0v) is 14.1. The lowest BCUT2D eigenvalue weighted by Crippen LogP contribution is -2.54. The molecular formula is C15H21N3OS2. The summed E-state index contributed by atoms with van der Waals surface area (Å²) in [7, 11) is 0. The fourth-order valence-electron chi connectivity index (χ4n) is 2.67. The first-order valence-electron chi connectivity index (χ1n) is 7.48. The van der Waals surface area contributed by atoms with Crippen LogP contribution in [0.4, 0.5) is 5.82 Å². The number of nitrogens with zero attached hydrogens (tertiary/aromatic N) is 2. The van der Waals surface area contributed by atoms with Crippen LogP contribution >= 0.6 is 23.1 Å². The molecule has 3 rings (SSSR count). The third-order valence-electron chi connectivity index (χ3n) is 4.06. The molecule has 21 heavy (non-hydrogen) atoms. The van der Waals surface area contributed by atoms with E-state index in [2.05, 4.69) is 29.1 Å². The summed E-state index contributed by atoms with van der Waals surface area (Å²) in [4.78, 5) is 10.1. The minimum Gasteiger partial charge on any atom is -0.387 e. The van der Waals surface area contributed by atoms with E-state index in [4.69, 9.17) is 0 Å². The average Bonchev–Trinajstić information content (AvgIpc) is 2.97. The van der Waals surface area contributed by atoms with Crippen LogP contribution in [0.1, 0.15) is 32.5 Å². The molecule has 0 radical (unpaired) electrons. The van der Waals surface area contributed by atoms with Gasteiger partial charge in [0.1, 0.15) is 16.5 Å². The molecule has 2 atom stereocenters. The summed E-state index contributed by atoms with van der Waals surface area (Å²) in [5, 5.41) is 17.5. The highest BCUT2D eigenvalue weighted by molar-refractivity contribution is 8.00. The molecule has 2 heterocycles. The smallest absolute Gasteiger partial charge is 0.138 e. The van der Waals surface area contributed by atoms with Crippen molar-refractivity contribution in [3.63, 3.8) is 0 Å². The summed E-state index contributed by atoms with van der Waals surface area (Å²) in [6, 6.07) is 2.05. The van der Waals surface area contributed by atoms with Crippen molar-refractivity contribution in [2.75, 3.05) is 17.6 Å². The number of anilines is 1. The van der Waals surface area contributed by atoms with E-state index in [1.807, 2.05) is 23.2 Å². The topological polar surface area (TPSA) is 58.0 Å².